The Morgan fingerprint density at radius 1 is 1.75 bits per heavy atom. The maximum absolute atomic E-state index is 5.79. The van der Waals surface area contributed by atoms with Crippen molar-refractivity contribution >= 4 is 29.0 Å². The average Bonchev–Trinajstić information content (AvgIpc) is 2.51. The number of thiazole rings is 1. The van der Waals surface area contributed by atoms with Crippen LogP contribution in [0.3, 0.4) is 0 Å². The largest absolute Gasteiger partial charge is 0.245 e. The van der Waals surface area contributed by atoms with E-state index in [2.05, 4.69) is 24.9 Å². The number of rotatable bonds is 3. The molecule has 0 aliphatic rings. The third-order valence-electron chi connectivity index (χ3n) is 1.68. The van der Waals surface area contributed by atoms with Crippen molar-refractivity contribution in [1.82, 2.24) is 4.98 Å². The van der Waals surface area contributed by atoms with Crippen molar-refractivity contribution in [3.8, 4) is 0 Å². The SMILES string of the molecule is CC(C)/C(=C\c1cscn1)CCl. The van der Waals surface area contributed by atoms with E-state index in [4.69, 9.17) is 11.6 Å². The molecular weight excluding hydrogens is 190 g/mol. The van der Waals surface area contributed by atoms with E-state index in [0.717, 1.165) is 5.69 Å². The van der Waals surface area contributed by atoms with Gasteiger partial charge in [-0.3, -0.25) is 0 Å². The number of nitrogens with zero attached hydrogens (tertiary/aromatic N) is 1. The van der Waals surface area contributed by atoms with Gasteiger partial charge in [0.15, 0.2) is 0 Å². The van der Waals surface area contributed by atoms with Gasteiger partial charge in [-0.2, -0.15) is 0 Å². The van der Waals surface area contributed by atoms with E-state index in [1.54, 1.807) is 11.3 Å². The molecule has 0 atom stereocenters. The first-order valence-electron chi connectivity index (χ1n) is 3.88. The molecule has 1 rings (SSSR count). The Bertz CT molecular complexity index is 252. The number of allylic oxidation sites excluding steroid dienone is 1. The molecule has 0 aliphatic carbocycles. The van der Waals surface area contributed by atoms with Gasteiger partial charge in [-0.25, -0.2) is 4.98 Å². The van der Waals surface area contributed by atoms with Crippen molar-refractivity contribution in [1.29, 1.82) is 0 Å². The zero-order valence-electron chi connectivity index (χ0n) is 7.25. The zero-order valence-corrected chi connectivity index (χ0v) is 8.82. The van der Waals surface area contributed by atoms with Crippen LogP contribution in [0.1, 0.15) is 19.5 Å². The summed E-state index contributed by atoms with van der Waals surface area (Å²) in [6.45, 7) is 4.28. The number of aromatic nitrogens is 1. The monoisotopic (exact) mass is 201 g/mol. The topological polar surface area (TPSA) is 12.9 Å². The number of alkyl halides is 1. The van der Waals surface area contributed by atoms with Gasteiger partial charge in [0.05, 0.1) is 11.2 Å². The summed E-state index contributed by atoms with van der Waals surface area (Å²) < 4.78 is 0. The van der Waals surface area contributed by atoms with Crippen molar-refractivity contribution in [2.24, 2.45) is 5.92 Å². The molecule has 0 saturated heterocycles. The van der Waals surface area contributed by atoms with E-state index in [-0.39, 0.29) is 0 Å². The lowest BCUT2D eigenvalue weighted by atomic mass is 10.0. The van der Waals surface area contributed by atoms with E-state index in [1.165, 1.54) is 5.57 Å². The Balaban J connectivity index is 2.78. The molecule has 0 amide bonds. The Morgan fingerprint density at radius 3 is 2.92 bits per heavy atom. The molecule has 3 heteroatoms. The molecule has 1 aromatic heterocycles. The molecule has 0 aromatic carbocycles. The molecule has 66 valence electrons. The van der Waals surface area contributed by atoms with Crippen LogP contribution < -0.4 is 0 Å². The van der Waals surface area contributed by atoms with Crippen LogP contribution in [0.4, 0.5) is 0 Å². The maximum atomic E-state index is 5.79. The van der Waals surface area contributed by atoms with Crippen LogP contribution in [0.15, 0.2) is 16.5 Å². The molecule has 0 aliphatic heterocycles. The van der Waals surface area contributed by atoms with Gasteiger partial charge in [0, 0.05) is 11.3 Å². The summed E-state index contributed by atoms with van der Waals surface area (Å²) >= 11 is 7.39. The van der Waals surface area contributed by atoms with Crippen LogP contribution in [0.5, 0.6) is 0 Å². The molecule has 0 spiro atoms. The molecule has 0 N–H and O–H groups in total. The predicted molar refractivity (Wildman–Crippen MR) is 55.6 cm³/mol. The van der Waals surface area contributed by atoms with Crippen LogP contribution in [-0.2, 0) is 0 Å². The molecule has 1 heterocycles. The van der Waals surface area contributed by atoms with E-state index in [1.807, 2.05) is 10.9 Å². The number of hydrogen-bond acceptors (Lipinski definition) is 2. The summed E-state index contributed by atoms with van der Waals surface area (Å²) in [7, 11) is 0. The van der Waals surface area contributed by atoms with Gasteiger partial charge in [-0.15, -0.1) is 22.9 Å². The van der Waals surface area contributed by atoms with E-state index >= 15 is 0 Å². The normalized spacial score (nSPS) is 12.5. The second-order valence-corrected chi connectivity index (χ2v) is 3.91. The van der Waals surface area contributed by atoms with Crippen LogP contribution in [0.2, 0.25) is 0 Å². The maximum Gasteiger partial charge on any atom is 0.0798 e. The average molecular weight is 202 g/mol. The number of hydrogen-bond donors (Lipinski definition) is 0. The fourth-order valence-corrected chi connectivity index (χ4v) is 1.74. The predicted octanol–water partition coefficient (Wildman–Crippen LogP) is 3.42. The van der Waals surface area contributed by atoms with Crippen molar-refractivity contribution in [2.75, 3.05) is 5.88 Å². The Morgan fingerprint density at radius 2 is 2.50 bits per heavy atom. The molecule has 12 heavy (non-hydrogen) atoms. The highest BCUT2D eigenvalue weighted by Crippen LogP contribution is 2.15. The second kappa shape index (κ2) is 4.63. The molecule has 0 bridgehead atoms. The molecule has 0 fully saturated rings. The van der Waals surface area contributed by atoms with Crippen LogP contribution in [0.25, 0.3) is 6.08 Å². The molecule has 0 saturated carbocycles. The van der Waals surface area contributed by atoms with E-state index < -0.39 is 0 Å². The van der Waals surface area contributed by atoms with Crippen molar-refractivity contribution in [3.05, 3.63) is 22.2 Å². The van der Waals surface area contributed by atoms with Crippen molar-refractivity contribution in [2.45, 2.75) is 13.8 Å². The zero-order chi connectivity index (χ0) is 8.97. The highest BCUT2D eigenvalue weighted by atomic mass is 35.5. The van der Waals surface area contributed by atoms with Gasteiger partial charge in [-0.05, 0) is 12.0 Å². The molecule has 1 aromatic rings. The Kier molecular flexibility index (Phi) is 3.76. The summed E-state index contributed by atoms with van der Waals surface area (Å²) in [5.74, 6) is 1.10. The van der Waals surface area contributed by atoms with Crippen LogP contribution in [-0.4, -0.2) is 10.9 Å². The van der Waals surface area contributed by atoms with Crippen LogP contribution >= 0.6 is 22.9 Å². The first kappa shape index (κ1) is 9.75. The second-order valence-electron chi connectivity index (χ2n) is 2.92. The fraction of sp³-hybridized carbons (Fsp3) is 0.444. The van der Waals surface area contributed by atoms with E-state index in [9.17, 15) is 0 Å². The van der Waals surface area contributed by atoms with Crippen molar-refractivity contribution in [3.63, 3.8) is 0 Å². The number of halogens is 1. The molecular formula is C9H12ClNS. The lowest BCUT2D eigenvalue weighted by Crippen LogP contribution is -1.94. The molecule has 0 radical (unpaired) electrons. The molecule has 1 nitrogen and oxygen atoms in total. The highest BCUT2D eigenvalue weighted by molar-refractivity contribution is 7.07. The third kappa shape index (κ3) is 2.61. The van der Waals surface area contributed by atoms with Crippen LogP contribution in [0, 0.1) is 5.92 Å². The minimum absolute atomic E-state index is 0.504. The minimum Gasteiger partial charge on any atom is -0.245 e. The lowest BCUT2D eigenvalue weighted by molar-refractivity contribution is 0.777. The van der Waals surface area contributed by atoms with E-state index in [0.29, 0.717) is 11.8 Å². The smallest absolute Gasteiger partial charge is 0.0798 e. The first-order chi connectivity index (χ1) is 5.74. The standard InChI is InChI=1S/C9H12ClNS/c1-7(2)8(4-10)3-9-5-12-6-11-9/h3,5-7H,4H2,1-2H3/b8-3-. The summed E-state index contributed by atoms with van der Waals surface area (Å²) in [4.78, 5) is 4.17. The highest BCUT2D eigenvalue weighted by Gasteiger charge is 2.01. The minimum atomic E-state index is 0.504. The van der Waals surface area contributed by atoms with Gasteiger partial charge < -0.3 is 0 Å². The lowest BCUT2D eigenvalue weighted by Gasteiger charge is -2.05. The summed E-state index contributed by atoms with van der Waals surface area (Å²) in [6.07, 6.45) is 2.06. The quantitative estimate of drug-likeness (QED) is 0.683. The summed E-state index contributed by atoms with van der Waals surface area (Å²) in [5.41, 5.74) is 4.09. The fourth-order valence-electron chi connectivity index (χ4n) is 0.843. The molecule has 0 unspecified atom stereocenters. The van der Waals surface area contributed by atoms with Gasteiger partial charge in [0.2, 0.25) is 0 Å². The summed E-state index contributed by atoms with van der Waals surface area (Å²) in [5, 5.41) is 2.02. The van der Waals surface area contributed by atoms with Crippen molar-refractivity contribution < 1.29 is 0 Å². The summed E-state index contributed by atoms with van der Waals surface area (Å²) in [6, 6.07) is 0. The van der Waals surface area contributed by atoms with Gasteiger partial charge >= 0.3 is 0 Å². The third-order valence-corrected chi connectivity index (χ3v) is 2.59. The van der Waals surface area contributed by atoms with Gasteiger partial charge in [0.25, 0.3) is 0 Å². The first-order valence-corrected chi connectivity index (χ1v) is 5.36. The van der Waals surface area contributed by atoms with Gasteiger partial charge in [0.1, 0.15) is 0 Å². The Hall–Kier alpha value is -0.340. The Labute approximate surface area is 82.1 Å². The van der Waals surface area contributed by atoms with Gasteiger partial charge in [-0.1, -0.05) is 19.4 Å².